The van der Waals surface area contributed by atoms with Gasteiger partial charge in [-0.25, -0.2) is 8.42 Å². The number of benzene rings is 1. The van der Waals surface area contributed by atoms with E-state index in [1.54, 1.807) is 0 Å². The Morgan fingerprint density at radius 1 is 1.10 bits per heavy atom. The fourth-order valence-electron chi connectivity index (χ4n) is 3.62. The van der Waals surface area contributed by atoms with E-state index in [0.29, 0.717) is 36.8 Å². The van der Waals surface area contributed by atoms with Gasteiger partial charge in [0.25, 0.3) is 0 Å². The van der Waals surface area contributed by atoms with E-state index in [2.05, 4.69) is 32.6 Å². The second-order valence-corrected chi connectivity index (χ2v) is 11.6. The van der Waals surface area contributed by atoms with Gasteiger partial charge in [0.05, 0.1) is 18.1 Å². The molecule has 29 heavy (non-hydrogen) atoms. The third-order valence-electron chi connectivity index (χ3n) is 5.01. The molecule has 0 radical (unpaired) electrons. The molecule has 7 heteroatoms. The molecule has 0 aliphatic carbocycles. The van der Waals surface area contributed by atoms with E-state index < -0.39 is 15.9 Å². The molecule has 0 aromatic heterocycles. The van der Waals surface area contributed by atoms with Crippen LogP contribution in [0.15, 0.2) is 24.3 Å². The van der Waals surface area contributed by atoms with Crippen LogP contribution in [0.2, 0.25) is 0 Å². The number of rotatable bonds is 10. The molecule has 1 aromatic carbocycles. The Morgan fingerprint density at radius 3 is 2.31 bits per heavy atom. The van der Waals surface area contributed by atoms with E-state index in [-0.39, 0.29) is 24.7 Å². The van der Waals surface area contributed by atoms with Gasteiger partial charge in [-0.2, -0.15) is 0 Å². The van der Waals surface area contributed by atoms with Crippen LogP contribution >= 0.6 is 0 Å². The average Bonchev–Trinajstić information content (AvgIpc) is 2.63. The van der Waals surface area contributed by atoms with E-state index in [1.807, 2.05) is 24.3 Å². The minimum Gasteiger partial charge on any atom is -0.491 e. The van der Waals surface area contributed by atoms with Gasteiger partial charge in [-0.15, -0.1) is 0 Å². The zero-order valence-corrected chi connectivity index (χ0v) is 19.1. The molecule has 1 aliphatic rings. The standard InChI is InChI=1S/C22H37NO5S/c1-18(15-22(2,3)4)9-12-27-16-20(24)17-28-21-7-5-19(6-8-21)23-10-13-29(25,26)14-11-23/h5-8,18,20,24H,9-17H2,1-4H3. The second kappa shape index (κ2) is 10.6. The fraction of sp³-hybridized carbons (Fsp3) is 0.727. The fourth-order valence-corrected chi connectivity index (χ4v) is 4.82. The summed E-state index contributed by atoms with van der Waals surface area (Å²) in [6.45, 7) is 11.1. The summed E-state index contributed by atoms with van der Waals surface area (Å²) in [5, 5.41) is 10.1. The molecule has 2 rings (SSSR count). The Balaban J connectivity index is 1.64. The maximum atomic E-state index is 11.5. The van der Waals surface area contributed by atoms with Crippen LogP contribution in [0.4, 0.5) is 5.69 Å². The zero-order valence-electron chi connectivity index (χ0n) is 18.3. The molecule has 1 aliphatic heterocycles. The van der Waals surface area contributed by atoms with Crippen LogP contribution in [-0.4, -0.2) is 64.0 Å². The number of hydrogen-bond donors (Lipinski definition) is 1. The van der Waals surface area contributed by atoms with Crippen molar-refractivity contribution in [1.82, 2.24) is 0 Å². The number of ether oxygens (including phenoxy) is 2. The monoisotopic (exact) mass is 427 g/mol. The number of aliphatic hydroxyl groups is 1. The van der Waals surface area contributed by atoms with Crippen molar-refractivity contribution in [2.75, 3.05) is 49.3 Å². The van der Waals surface area contributed by atoms with Crippen molar-refractivity contribution in [1.29, 1.82) is 0 Å². The van der Waals surface area contributed by atoms with Crippen molar-refractivity contribution in [3.05, 3.63) is 24.3 Å². The molecule has 0 saturated carbocycles. The van der Waals surface area contributed by atoms with E-state index in [1.165, 1.54) is 0 Å². The van der Waals surface area contributed by atoms with Gasteiger partial charge < -0.3 is 19.5 Å². The van der Waals surface area contributed by atoms with Gasteiger partial charge in [-0.05, 0) is 48.4 Å². The second-order valence-electron chi connectivity index (χ2n) is 9.33. The van der Waals surface area contributed by atoms with Crippen molar-refractivity contribution in [2.45, 2.75) is 46.6 Å². The molecule has 6 nitrogen and oxygen atoms in total. The van der Waals surface area contributed by atoms with E-state index in [9.17, 15) is 13.5 Å². The summed E-state index contributed by atoms with van der Waals surface area (Å²) in [6.07, 6.45) is 1.48. The Labute approximate surface area is 176 Å². The molecule has 166 valence electrons. The highest BCUT2D eigenvalue weighted by Crippen LogP contribution is 2.26. The summed E-state index contributed by atoms with van der Waals surface area (Å²) < 4.78 is 34.3. The third kappa shape index (κ3) is 9.36. The van der Waals surface area contributed by atoms with Crippen LogP contribution in [0.5, 0.6) is 5.75 Å². The normalized spacial score (nSPS) is 19.0. The van der Waals surface area contributed by atoms with Gasteiger partial charge in [0.15, 0.2) is 9.84 Å². The lowest BCUT2D eigenvalue weighted by Gasteiger charge is -2.28. The predicted molar refractivity (Wildman–Crippen MR) is 117 cm³/mol. The van der Waals surface area contributed by atoms with Crippen LogP contribution < -0.4 is 9.64 Å². The topological polar surface area (TPSA) is 76.1 Å². The molecule has 0 amide bonds. The molecule has 1 saturated heterocycles. The summed E-state index contributed by atoms with van der Waals surface area (Å²) in [5.74, 6) is 1.68. The van der Waals surface area contributed by atoms with Crippen LogP contribution in [0.3, 0.4) is 0 Å². The first kappa shape index (κ1) is 24.0. The Bertz CT molecular complexity index is 698. The number of hydrogen-bond acceptors (Lipinski definition) is 6. The van der Waals surface area contributed by atoms with Gasteiger partial charge in [0.2, 0.25) is 0 Å². The van der Waals surface area contributed by atoms with Crippen molar-refractivity contribution in [3.63, 3.8) is 0 Å². The smallest absolute Gasteiger partial charge is 0.153 e. The SMILES string of the molecule is CC(CCOCC(O)COc1ccc(N2CCS(=O)(=O)CC2)cc1)CC(C)(C)C. The number of sulfone groups is 1. The Hall–Kier alpha value is -1.31. The van der Waals surface area contributed by atoms with Crippen LogP contribution in [0.1, 0.15) is 40.5 Å². The zero-order chi connectivity index (χ0) is 21.5. The maximum absolute atomic E-state index is 11.5. The van der Waals surface area contributed by atoms with Crippen LogP contribution in [0, 0.1) is 11.3 Å². The molecule has 2 atom stereocenters. The lowest BCUT2D eigenvalue weighted by Crippen LogP contribution is -2.40. The summed E-state index contributed by atoms with van der Waals surface area (Å²) in [7, 11) is -2.88. The number of anilines is 1. The van der Waals surface area contributed by atoms with Gasteiger partial charge in [-0.1, -0.05) is 27.7 Å². The van der Waals surface area contributed by atoms with E-state index in [4.69, 9.17) is 9.47 Å². The van der Waals surface area contributed by atoms with E-state index in [0.717, 1.165) is 18.5 Å². The van der Waals surface area contributed by atoms with Gasteiger partial charge in [-0.3, -0.25) is 0 Å². The molecular formula is C22H37NO5S. The highest BCUT2D eigenvalue weighted by atomic mass is 32.2. The largest absolute Gasteiger partial charge is 0.491 e. The third-order valence-corrected chi connectivity index (χ3v) is 6.62. The Morgan fingerprint density at radius 2 is 1.72 bits per heavy atom. The van der Waals surface area contributed by atoms with E-state index >= 15 is 0 Å². The molecule has 0 bridgehead atoms. The van der Waals surface area contributed by atoms with Gasteiger partial charge in [0, 0.05) is 25.4 Å². The number of aliphatic hydroxyl groups excluding tert-OH is 1. The predicted octanol–water partition coefficient (Wildman–Crippen LogP) is 3.14. The minimum absolute atomic E-state index is 0.179. The van der Waals surface area contributed by atoms with Crippen molar-refractivity contribution >= 4 is 15.5 Å². The lowest BCUT2D eigenvalue weighted by molar-refractivity contribution is 0.00767. The summed E-state index contributed by atoms with van der Waals surface area (Å²) in [4.78, 5) is 2.06. The average molecular weight is 428 g/mol. The highest BCUT2D eigenvalue weighted by molar-refractivity contribution is 7.91. The molecule has 0 spiro atoms. The summed E-state index contributed by atoms with van der Waals surface area (Å²) in [5.41, 5.74) is 1.31. The first-order chi connectivity index (χ1) is 13.5. The Kier molecular flexibility index (Phi) is 8.79. The highest BCUT2D eigenvalue weighted by Gasteiger charge is 2.21. The number of nitrogens with zero attached hydrogens (tertiary/aromatic N) is 1. The van der Waals surface area contributed by atoms with Crippen LogP contribution in [-0.2, 0) is 14.6 Å². The summed E-state index contributed by atoms with van der Waals surface area (Å²) in [6, 6.07) is 7.54. The quantitative estimate of drug-likeness (QED) is 0.578. The van der Waals surface area contributed by atoms with Gasteiger partial charge >= 0.3 is 0 Å². The first-order valence-electron chi connectivity index (χ1n) is 10.5. The van der Waals surface area contributed by atoms with Crippen molar-refractivity contribution in [2.24, 2.45) is 11.3 Å². The molecule has 2 unspecified atom stereocenters. The lowest BCUT2D eigenvalue weighted by atomic mass is 9.84. The molecule has 1 heterocycles. The van der Waals surface area contributed by atoms with Gasteiger partial charge in [0.1, 0.15) is 18.5 Å². The molecule has 1 fully saturated rings. The minimum atomic E-state index is -2.88. The summed E-state index contributed by atoms with van der Waals surface area (Å²) >= 11 is 0. The van der Waals surface area contributed by atoms with Crippen molar-refractivity contribution in [3.8, 4) is 5.75 Å². The van der Waals surface area contributed by atoms with Crippen LogP contribution in [0.25, 0.3) is 0 Å². The first-order valence-corrected chi connectivity index (χ1v) is 12.3. The maximum Gasteiger partial charge on any atom is 0.153 e. The molecular weight excluding hydrogens is 390 g/mol. The molecule has 1 N–H and O–H groups in total. The molecule has 1 aromatic rings. The van der Waals surface area contributed by atoms with Crippen molar-refractivity contribution < 1.29 is 23.0 Å².